The maximum Gasteiger partial charge on any atom is 0.374 e. The van der Waals surface area contributed by atoms with Gasteiger partial charge in [-0.05, 0) is 50.1 Å². The molecule has 29 heavy (non-hydrogen) atoms. The number of aryl methyl sites for hydroxylation is 2. The molecule has 0 spiro atoms. The third kappa shape index (κ3) is 4.99. The molecule has 0 saturated heterocycles. The highest BCUT2D eigenvalue weighted by Crippen LogP contribution is 2.23. The smallest absolute Gasteiger partial charge is 0.374 e. The third-order valence-corrected chi connectivity index (χ3v) is 4.38. The van der Waals surface area contributed by atoms with Crippen LogP contribution >= 0.6 is 0 Å². The van der Waals surface area contributed by atoms with Crippen LogP contribution in [0.15, 0.2) is 59.0 Å². The molecular formula is C23H21NO5. The van der Waals surface area contributed by atoms with E-state index in [4.69, 9.17) is 9.15 Å². The van der Waals surface area contributed by atoms with E-state index in [0.717, 1.165) is 16.7 Å². The molecule has 148 valence electrons. The van der Waals surface area contributed by atoms with E-state index >= 15 is 0 Å². The average Bonchev–Trinajstić information content (AvgIpc) is 3.19. The molecule has 0 fully saturated rings. The summed E-state index contributed by atoms with van der Waals surface area (Å²) < 4.78 is 10.6. The summed E-state index contributed by atoms with van der Waals surface area (Å²) in [5.74, 6) is -0.729. The third-order valence-electron chi connectivity index (χ3n) is 4.38. The molecule has 0 unspecified atom stereocenters. The maximum absolute atomic E-state index is 12.2. The van der Waals surface area contributed by atoms with E-state index in [9.17, 15) is 14.4 Å². The van der Waals surface area contributed by atoms with Crippen LogP contribution in [0.4, 0.5) is 5.69 Å². The number of esters is 1. The number of ketones is 1. The monoisotopic (exact) mass is 391 g/mol. The van der Waals surface area contributed by atoms with Crippen LogP contribution in [0, 0.1) is 13.8 Å². The van der Waals surface area contributed by atoms with Gasteiger partial charge in [0.1, 0.15) is 5.76 Å². The number of hydrogen-bond donors (Lipinski definition) is 1. The highest BCUT2D eigenvalue weighted by Gasteiger charge is 2.16. The van der Waals surface area contributed by atoms with E-state index in [1.54, 1.807) is 30.3 Å². The van der Waals surface area contributed by atoms with Crippen LogP contribution in [0.5, 0.6) is 0 Å². The molecule has 3 aromatic rings. The second-order valence-corrected chi connectivity index (χ2v) is 6.74. The van der Waals surface area contributed by atoms with E-state index in [1.807, 2.05) is 32.0 Å². The lowest BCUT2D eigenvalue weighted by Crippen LogP contribution is -2.21. The molecule has 6 nitrogen and oxygen atoms in total. The fourth-order valence-corrected chi connectivity index (χ4v) is 2.73. The molecular weight excluding hydrogens is 370 g/mol. The summed E-state index contributed by atoms with van der Waals surface area (Å²) in [5, 5.41) is 2.73. The van der Waals surface area contributed by atoms with Crippen LogP contribution in [0.25, 0.3) is 11.3 Å². The normalized spacial score (nSPS) is 10.4. The highest BCUT2D eigenvalue weighted by atomic mass is 16.5. The largest absolute Gasteiger partial charge is 0.450 e. The number of Topliss-reactive ketones (excluding diaryl/α,β-unsaturated/α-hetero) is 1. The Morgan fingerprint density at radius 2 is 1.69 bits per heavy atom. The lowest BCUT2D eigenvalue weighted by Gasteiger charge is -2.09. The Balaban J connectivity index is 1.59. The van der Waals surface area contributed by atoms with Gasteiger partial charge in [0.2, 0.25) is 5.76 Å². The molecule has 0 radical (unpaired) electrons. The first-order valence-electron chi connectivity index (χ1n) is 9.09. The summed E-state index contributed by atoms with van der Waals surface area (Å²) >= 11 is 0. The summed E-state index contributed by atoms with van der Waals surface area (Å²) in [5.41, 5.74) is 3.93. The van der Waals surface area contributed by atoms with Gasteiger partial charge in [0.05, 0.1) is 0 Å². The minimum atomic E-state index is -0.729. The van der Waals surface area contributed by atoms with E-state index in [-0.39, 0.29) is 11.5 Å². The molecule has 0 aliphatic carbocycles. The van der Waals surface area contributed by atoms with Gasteiger partial charge in [-0.25, -0.2) is 4.79 Å². The van der Waals surface area contributed by atoms with Crippen LogP contribution in [0.1, 0.15) is 39.0 Å². The van der Waals surface area contributed by atoms with Crippen molar-refractivity contribution in [2.24, 2.45) is 0 Å². The van der Waals surface area contributed by atoms with Gasteiger partial charge >= 0.3 is 5.97 Å². The Labute approximate surface area is 168 Å². The fraction of sp³-hybridized carbons (Fsp3) is 0.174. The van der Waals surface area contributed by atoms with Gasteiger partial charge in [-0.15, -0.1) is 0 Å². The molecule has 6 heteroatoms. The van der Waals surface area contributed by atoms with Gasteiger partial charge in [0, 0.05) is 16.8 Å². The molecule has 1 heterocycles. The van der Waals surface area contributed by atoms with Crippen molar-refractivity contribution in [3.05, 3.63) is 77.0 Å². The van der Waals surface area contributed by atoms with Gasteiger partial charge in [0.25, 0.3) is 5.91 Å². The van der Waals surface area contributed by atoms with Crippen molar-refractivity contribution in [3.63, 3.8) is 0 Å². The number of nitrogens with one attached hydrogen (secondary N) is 1. The zero-order valence-electron chi connectivity index (χ0n) is 16.4. The van der Waals surface area contributed by atoms with Gasteiger partial charge < -0.3 is 14.5 Å². The van der Waals surface area contributed by atoms with Gasteiger partial charge in [-0.3, -0.25) is 9.59 Å². The zero-order valence-corrected chi connectivity index (χ0v) is 16.4. The summed E-state index contributed by atoms with van der Waals surface area (Å²) in [6, 6.07) is 15.7. The SMILES string of the molecule is CC(=O)c1ccc(-c2ccc(C(=O)OCC(=O)Nc3cc(C)ccc3C)o2)cc1. The second-order valence-electron chi connectivity index (χ2n) is 6.74. The minimum absolute atomic E-state index is 0.00446. The van der Waals surface area contributed by atoms with Crippen molar-refractivity contribution < 1.29 is 23.5 Å². The number of ether oxygens (including phenoxy) is 1. The van der Waals surface area contributed by atoms with Gasteiger partial charge in [-0.1, -0.05) is 36.4 Å². The van der Waals surface area contributed by atoms with E-state index in [1.165, 1.54) is 13.0 Å². The van der Waals surface area contributed by atoms with Crippen molar-refractivity contribution in [1.29, 1.82) is 0 Å². The fourth-order valence-electron chi connectivity index (χ4n) is 2.73. The average molecular weight is 391 g/mol. The number of rotatable bonds is 6. The number of anilines is 1. The standard InChI is InChI=1S/C23H21NO5/c1-14-4-5-15(2)19(12-14)24-22(26)13-28-23(27)21-11-10-20(29-21)18-8-6-17(7-9-18)16(3)25/h4-12H,13H2,1-3H3,(H,24,26). The number of carbonyl (C=O) groups is 3. The van der Waals surface area contributed by atoms with Crippen LogP contribution in [0.2, 0.25) is 0 Å². The molecule has 1 N–H and O–H groups in total. The Hall–Kier alpha value is -3.67. The predicted octanol–water partition coefficient (Wildman–Crippen LogP) is 4.56. The number of carbonyl (C=O) groups excluding carboxylic acids is 3. The lowest BCUT2D eigenvalue weighted by atomic mass is 10.1. The number of furan rings is 1. The van der Waals surface area contributed by atoms with Crippen LogP contribution < -0.4 is 5.32 Å². The van der Waals surface area contributed by atoms with Crippen LogP contribution in [-0.2, 0) is 9.53 Å². The number of hydrogen-bond acceptors (Lipinski definition) is 5. The highest BCUT2D eigenvalue weighted by molar-refractivity contribution is 5.96. The van der Waals surface area contributed by atoms with Crippen molar-refractivity contribution in [2.75, 3.05) is 11.9 Å². The second kappa shape index (κ2) is 8.56. The molecule has 3 rings (SSSR count). The molecule has 0 saturated carbocycles. The first-order chi connectivity index (χ1) is 13.8. The van der Waals surface area contributed by atoms with E-state index in [2.05, 4.69) is 5.32 Å². The Morgan fingerprint density at radius 1 is 0.966 bits per heavy atom. The van der Waals surface area contributed by atoms with Crippen molar-refractivity contribution >= 4 is 23.3 Å². The Kier molecular flexibility index (Phi) is 5.93. The molecule has 2 aromatic carbocycles. The van der Waals surface area contributed by atoms with Gasteiger partial charge in [0.15, 0.2) is 12.4 Å². The molecule has 0 bridgehead atoms. The quantitative estimate of drug-likeness (QED) is 0.492. The lowest BCUT2D eigenvalue weighted by molar-refractivity contribution is -0.119. The topological polar surface area (TPSA) is 85.6 Å². The van der Waals surface area contributed by atoms with Crippen LogP contribution in [-0.4, -0.2) is 24.3 Å². The van der Waals surface area contributed by atoms with Gasteiger partial charge in [-0.2, -0.15) is 0 Å². The summed E-state index contributed by atoms with van der Waals surface area (Å²) in [7, 11) is 0. The molecule has 0 atom stereocenters. The van der Waals surface area contributed by atoms with Crippen molar-refractivity contribution in [3.8, 4) is 11.3 Å². The molecule has 0 aliphatic rings. The minimum Gasteiger partial charge on any atom is -0.450 e. The van der Waals surface area contributed by atoms with Crippen molar-refractivity contribution in [2.45, 2.75) is 20.8 Å². The van der Waals surface area contributed by atoms with Crippen molar-refractivity contribution in [1.82, 2.24) is 0 Å². The number of benzene rings is 2. The predicted molar refractivity (Wildman–Crippen MR) is 109 cm³/mol. The van der Waals surface area contributed by atoms with E-state index in [0.29, 0.717) is 17.0 Å². The Morgan fingerprint density at radius 3 is 2.38 bits per heavy atom. The first-order valence-corrected chi connectivity index (χ1v) is 9.09. The maximum atomic E-state index is 12.2. The number of amides is 1. The van der Waals surface area contributed by atoms with Crippen LogP contribution in [0.3, 0.4) is 0 Å². The first kappa shape index (κ1) is 20.1. The van der Waals surface area contributed by atoms with E-state index < -0.39 is 18.5 Å². The summed E-state index contributed by atoms with van der Waals surface area (Å²) in [4.78, 5) is 35.6. The summed E-state index contributed by atoms with van der Waals surface area (Å²) in [6.07, 6.45) is 0. The summed E-state index contributed by atoms with van der Waals surface area (Å²) in [6.45, 7) is 4.88. The Bertz CT molecular complexity index is 1060. The molecule has 0 aliphatic heterocycles. The molecule has 1 amide bonds. The zero-order chi connectivity index (χ0) is 21.0. The molecule has 1 aromatic heterocycles.